The van der Waals surface area contributed by atoms with E-state index < -0.39 is 29.1 Å². The minimum absolute atomic E-state index is 0.0392. The lowest BCUT2D eigenvalue weighted by atomic mass is 10.2. The van der Waals surface area contributed by atoms with Crippen LogP contribution in [0.15, 0.2) is 46.1 Å². The van der Waals surface area contributed by atoms with Crippen LogP contribution in [-0.2, 0) is 14.3 Å². The van der Waals surface area contributed by atoms with Crippen LogP contribution in [0.5, 0.6) is 0 Å². The van der Waals surface area contributed by atoms with Crippen molar-refractivity contribution in [3.63, 3.8) is 0 Å². The van der Waals surface area contributed by atoms with Crippen molar-refractivity contribution in [2.24, 2.45) is 0 Å². The molecule has 0 amide bonds. The Labute approximate surface area is 168 Å². The van der Waals surface area contributed by atoms with Crippen LogP contribution in [0, 0.1) is 5.39 Å². The third kappa shape index (κ3) is 4.56. The fourth-order valence-electron chi connectivity index (χ4n) is 2.86. The highest BCUT2D eigenvalue weighted by Gasteiger charge is 2.43. The fourth-order valence-corrected chi connectivity index (χ4v) is 5.11. The summed E-state index contributed by atoms with van der Waals surface area (Å²) >= 11 is 0. The first-order valence-electron chi connectivity index (χ1n) is 9.41. The highest BCUT2D eigenvalue weighted by molar-refractivity contribution is 7.95. The molecule has 1 aromatic carbocycles. The Balaban J connectivity index is 2.29. The molecular weight excluding hydrogens is 394 g/mol. The van der Waals surface area contributed by atoms with Gasteiger partial charge in [-0.1, -0.05) is 39.0 Å². The van der Waals surface area contributed by atoms with E-state index in [1.54, 1.807) is 23.1 Å². The fraction of sp³-hybridized carbons (Fsp3) is 0.579. The molecule has 7 nitrogen and oxygen atoms in total. The van der Waals surface area contributed by atoms with Crippen molar-refractivity contribution in [2.45, 2.75) is 62.7 Å². The van der Waals surface area contributed by atoms with Gasteiger partial charge in [0.05, 0.1) is 17.5 Å². The maximum absolute atomic E-state index is 12.8. The SMILES string of the molecule is CC(C)(C)[Si](C)(C)OCC1CCCN1/C(O)=C(\[N+]#N)S(=O)(=O)c1ccccc1. The molecule has 1 N–H and O–H groups in total. The zero-order valence-electron chi connectivity index (χ0n) is 17.2. The Morgan fingerprint density at radius 1 is 1.32 bits per heavy atom. The van der Waals surface area contributed by atoms with Gasteiger partial charge in [-0.25, -0.2) is 8.42 Å². The van der Waals surface area contributed by atoms with Crippen LogP contribution in [0.3, 0.4) is 0 Å². The molecule has 1 aromatic rings. The van der Waals surface area contributed by atoms with Gasteiger partial charge in [0.25, 0.3) is 15.7 Å². The quantitative estimate of drug-likeness (QED) is 0.411. The summed E-state index contributed by atoms with van der Waals surface area (Å²) in [6.07, 6.45) is 1.56. The van der Waals surface area contributed by atoms with Crippen molar-refractivity contribution in [1.29, 1.82) is 5.39 Å². The van der Waals surface area contributed by atoms with Crippen molar-refractivity contribution < 1.29 is 18.0 Å². The van der Waals surface area contributed by atoms with E-state index in [2.05, 4.69) is 38.8 Å². The molecule has 0 saturated carbocycles. The van der Waals surface area contributed by atoms with E-state index in [0.29, 0.717) is 13.2 Å². The summed E-state index contributed by atoms with van der Waals surface area (Å²) in [5, 5.41) is 19.4. The lowest BCUT2D eigenvalue weighted by Crippen LogP contribution is -2.44. The molecule has 1 unspecified atom stereocenters. The molecule has 1 aliphatic heterocycles. The second-order valence-corrected chi connectivity index (χ2v) is 15.3. The van der Waals surface area contributed by atoms with E-state index in [4.69, 9.17) is 4.43 Å². The minimum Gasteiger partial charge on any atom is -0.488 e. The van der Waals surface area contributed by atoms with Gasteiger partial charge in [0.1, 0.15) is 0 Å². The maximum atomic E-state index is 12.8. The summed E-state index contributed by atoms with van der Waals surface area (Å²) in [5.74, 6) is -0.535. The van der Waals surface area contributed by atoms with Crippen LogP contribution >= 0.6 is 0 Å². The van der Waals surface area contributed by atoms with Gasteiger partial charge < -0.3 is 14.4 Å². The van der Waals surface area contributed by atoms with E-state index in [-0.39, 0.29) is 16.0 Å². The molecule has 0 spiro atoms. The molecular formula is C19H30N3O4SSi+. The third-order valence-electron chi connectivity index (χ3n) is 5.68. The standard InChI is InChI=1S/C19H29N3O4SSi/c1-19(2,3)28(4,5)26-14-15-10-9-13-22(15)18(23)17(21-20)27(24,25)16-11-7-6-8-12-16/h6-8,11-12,15H,9-10,13-14H2,1-5H3/p+1/b18-17-. The van der Waals surface area contributed by atoms with Crippen molar-refractivity contribution in [1.82, 2.24) is 4.90 Å². The molecule has 9 heteroatoms. The molecule has 1 aliphatic rings. The van der Waals surface area contributed by atoms with Gasteiger partial charge >= 0.3 is 5.03 Å². The molecule has 2 rings (SSSR count). The Kier molecular flexibility index (Phi) is 6.58. The van der Waals surface area contributed by atoms with Crippen LogP contribution < -0.4 is 0 Å². The monoisotopic (exact) mass is 424 g/mol. The Bertz CT molecular complexity index is 871. The van der Waals surface area contributed by atoms with Crippen molar-refractivity contribution in [3.05, 3.63) is 46.2 Å². The second kappa shape index (κ2) is 8.23. The molecule has 0 aromatic heterocycles. The summed E-state index contributed by atoms with van der Waals surface area (Å²) < 4.78 is 31.9. The van der Waals surface area contributed by atoms with Gasteiger partial charge in [-0.05, 0) is 43.1 Å². The van der Waals surface area contributed by atoms with E-state index >= 15 is 0 Å². The molecule has 1 saturated heterocycles. The lowest BCUT2D eigenvalue weighted by Gasteiger charge is -2.38. The Morgan fingerprint density at radius 3 is 2.46 bits per heavy atom. The average molecular weight is 425 g/mol. The smallest absolute Gasteiger partial charge is 0.488 e. The first-order chi connectivity index (χ1) is 12.9. The Hall–Kier alpha value is -1.89. The number of nitrogens with zero attached hydrogens (tertiary/aromatic N) is 3. The summed E-state index contributed by atoms with van der Waals surface area (Å²) in [4.78, 5) is 4.46. The second-order valence-electron chi connectivity index (χ2n) is 8.61. The van der Waals surface area contributed by atoms with E-state index in [0.717, 1.165) is 12.8 Å². The molecule has 1 heterocycles. The molecule has 0 bridgehead atoms. The van der Waals surface area contributed by atoms with Crippen LogP contribution in [0.2, 0.25) is 18.1 Å². The van der Waals surface area contributed by atoms with Crippen molar-refractivity contribution in [2.75, 3.05) is 13.2 Å². The number of hydrogen-bond donors (Lipinski definition) is 1. The van der Waals surface area contributed by atoms with Gasteiger partial charge in [-0.3, -0.25) is 0 Å². The van der Waals surface area contributed by atoms with E-state index in [1.165, 1.54) is 12.1 Å². The predicted molar refractivity (Wildman–Crippen MR) is 111 cm³/mol. The van der Waals surface area contributed by atoms with Crippen molar-refractivity contribution in [3.8, 4) is 0 Å². The zero-order chi connectivity index (χ0) is 21.2. The lowest BCUT2D eigenvalue weighted by molar-refractivity contribution is 0.136. The third-order valence-corrected chi connectivity index (χ3v) is 11.8. The van der Waals surface area contributed by atoms with Gasteiger partial charge in [0, 0.05) is 6.54 Å². The predicted octanol–water partition coefficient (Wildman–Crippen LogP) is 4.48. The van der Waals surface area contributed by atoms with Gasteiger partial charge in [0.2, 0.25) is 5.39 Å². The van der Waals surface area contributed by atoms with Gasteiger partial charge in [-0.2, -0.15) is 0 Å². The van der Waals surface area contributed by atoms with Crippen LogP contribution in [0.25, 0.3) is 4.98 Å². The van der Waals surface area contributed by atoms with Crippen molar-refractivity contribution >= 4 is 18.2 Å². The van der Waals surface area contributed by atoms with Crippen LogP contribution in [-0.4, -0.2) is 45.9 Å². The maximum Gasteiger partial charge on any atom is 0.537 e. The number of rotatable bonds is 6. The van der Waals surface area contributed by atoms with Crippen LogP contribution in [0.4, 0.5) is 0 Å². The average Bonchev–Trinajstić information content (AvgIpc) is 3.09. The number of likely N-dealkylation sites (tertiary alicyclic amines) is 1. The van der Waals surface area contributed by atoms with Gasteiger partial charge in [-0.15, -0.1) is 0 Å². The first-order valence-corrected chi connectivity index (χ1v) is 13.8. The van der Waals surface area contributed by atoms with Crippen LogP contribution in [0.1, 0.15) is 33.6 Å². The molecule has 0 aliphatic carbocycles. The van der Waals surface area contributed by atoms with E-state index in [9.17, 15) is 18.9 Å². The molecule has 1 fully saturated rings. The zero-order valence-corrected chi connectivity index (χ0v) is 19.0. The number of aliphatic hydroxyl groups excluding tert-OH is 1. The topological polar surface area (TPSA) is 95.0 Å². The summed E-state index contributed by atoms with van der Waals surface area (Å²) in [6, 6.07) is 7.46. The number of hydrogen-bond acceptors (Lipinski definition) is 6. The van der Waals surface area contributed by atoms with E-state index in [1.807, 2.05) is 0 Å². The summed E-state index contributed by atoms with van der Waals surface area (Å²) in [6.45, 7) is 11.6. The highest BCUT2D eigenvalue weighted by Crippen LogP contribution is 2.37. The largest absolute Gasteiger partial charge is 0.537 e. The minimum atomic E-state index is -4.14. The first kappa shape index (κ1) is 22.4. The number of aliphatic hydroxyl groups is 1. The molecule has 0 radical (unpaired) electrons. The molecule has 1 atom stereocenters. The molecule has 28 heavy (non-hydrogen) atoms. The molecule has 154 valence electrons. The number of sulfone groups is 1. The number of diazo groups is 1. The van der Waals surface area contributed by atoms with Gasteiger partial charge in [0.15, 0.2) is 13.3 Å². The Morgan fingerprint density at radius 2 is 1.93 bits per heavy atom. The summed E-state index contributed by atoms with van der Waals surface area (Å²) in [7, 11) is -6.12. The normalized spacial score (nSPS) is 19.3. The summed E-state index contributed by atoms with van der Waals surface area (Å²) in [5.41, 5.74) is 0. The number of benzene rings is 1. The highest BCUT2D eigenvalue weighted by atomic mass is 32.2.